The molecule has 3 aromatic rings. The van der Waals surface area contributed by atoms with Crippen LogP contribution in [0.15, 0.2) is 54.7 Å². The number of nitrogens with zero attached hydrogens (tertiary/aromatic N) is 3. The largest absolute Gasteiger partial charge is 0.444 e. The number of amides is 4. The van der Waals surface area contributed by atoms with Crippen LogP contribution >= 0.6 is 0 Å². The highest BCUT2D eigenvalue weighted by atomic mass is 16.6. The van der Waals surface area contributed by atoms with Gasteiger partial charge in [0.15, 0.2) is 0 Å². The van der Waals surface area contributed by atoms with Crippen molar-refractivity contribution in [2.24, 2.45) is 0 Å². The Hall–Kier alpha value is -4.75. The minimum atomic E-state index is -0.610. The van der Waals surface area contributed by atoms with E-state index < -0.39 is 11.7 Å². The molecule has 0 aliphatic carbocycles. The number of urea groups is 1. The van der Waals surface area contributed by atoms with Crippen molar-refractivity contribution in [2.75, 3.05) is 48.7 Å². The van der Waals surface area contributed by atoms with Crippen LogP contribution in [-0.2, 0) is 16.0 Å². The van der Waals surface area contributed by atoms with Crippen LogP contribution in [0, 0.1) is 0 Å². The average Bonchev–Trinajstić information content (AvgIpc) is 3.00. The van der Waals surface area contributed by atoms with Gasteiger partial charge in [0.05, 0.1) is 23.5 Å². The summed E-state index contributed by atoms with van der Waals surface area (Å²) in [5.74, 6) is 0.686. The second kappa shape index (κ2) is 16.2. The van der Waals surface area contributed by atoms with Gasteiger partial charge >= 0.3 is 12.1 Å². The SMILES string of the molecule is CCNc1nc(-c2ccc(NC(=O)NCc3ccc(NC(=O)OC(C)(C)C)nc3)cc2)ccc1C(=O)NCCN1CC(C)OC(C)C1. The van der Waals surface area contributed by atoms with Crippen molar-refractivity contribution in [1.29, 1.82) is 0 Å². The van der Waals surface area contributed by atoms with Crippen LogP contribution in [-0.4, -0.2) is 83.4 Å². The van der Waals surface area contributed by atoms with E-state index in [4.69, 9.17) is 14.5 Å². The third kappa shape index (κ3) is 11.2. The lowest BCUT2D eigenvalue weighted by atomic mass is 10.1. The highest BCUT2D eigenvalue weighted by Gasteiger charge is 2.22. The molecular formula is C34H46N8O5. The van der Waals surface area contributed by atoms with E-state index in [1.807, 2.05) is 25.1 Å². The molecule has 2 atom stereocenters. The molecule has 0 saturated carbocycles. The van der Waals surface area contributed by atoms with Crippen molar-refractivity contribution in [3.63, 3.8) is 0 Å². The van der Waals surface area contributed by atoms with Gasteiger partial charge in [0.2, 0.25) is 0 Å². The Balaban J connectivity index is 1.27. The van der Waals surface area contributed by atoms with Crippen molar-refractivity contribution in [1.82, 2.24) is 25.5 Å². The number of hydrogen-bond donors (Lipinski definition) is 5. The standard InChI is InChI=1S/C34H46N8O5/c1-7-35-30-27(31(43)36-16-17-42-20-22(2)46-23(3)21-42)13-14-28(40-30)25-9-11-26(12-10-25)39-32(44)38-19-24-8-15-29(37-18-24)41-33(45)47-34(4,5)6/h8-15,18,22-23H,7,16-17,19-21H2,1-6H3,(H,35,40)(H,36,43)(H,37,41,45)(H2,38,39,44). The van der Waals surface area contributed by atoms with Gasteiger partial charge in [0.1, 0.15) is 17.2 Å². The maximum Gasteiger partial charge on any atom is 0.413 e. The van der Waals surface area contributed by atoms with E-state index >= 15 is 0 Å². The van der Waals surface area contributed by atoms with Gasteiger partial charge in [-0.15, -0.1) is 0 Å². The molecule has 4 rings (SSSR count). The fraction of sp³-hybridized carbons (Fsp3) is 0.441. The van der Waals surface area contributed by atoms with Gasteiger partial charge in [0, 0.05) is 56.7 Å². The second-order valence-electron chi connectivity index (χ2n) is 12.5. The molecule has 1 fully saturated rings. The summed E-state index contributed by atoms with van der Waals surface area (Å²) in [6, 6.07) is 13.9. The molecular weight excluding hydrogens is 600 g/mol. The molecule has 2 aromatic heterocycles. The van der Waals surface area contributed by atoms with Crippen LogP contribution in [0.5, 0.6) is 0 Å². The maximum atomic E-state index is 13.0. The normalized spacial score (nSPS) is 16.6. The minimum Gasteiger partial charge on any atom is -0.444 e. The molecule has 13 nitrogen and oxygen atoms in total. The molecule has 4 amide bonds. The first-order valence-electron chi connectivity index (χ1n) is 15.9. The summed E-state index contributed by atoms with van der Waals surface area (Å²) in [4.78, 5) is 48.7. The first-order valence-corrected chi connectivity index (χ1v) is 15.9. The number of nitrogens with one attached hydrogen (secondary N) is 5. The Morgan fingerprint density at radius 1 is 0.957 bits per heavy atom. The predicted molar refractivity (Wildman–Crippen MR) is 183 cm³/mol. The Kier molecular flexibility index (Phi) is 12.1. The van der Waals surface area contributed by atoms with Gasteiger partial charge in [-0.25, -0.2) is 19.6 Å². The monoisotopic (exact) mass is 646 g/mol. The van der Waals surface area contributed by atoms with Crippen LogP contribution in [0.25, 0.3) is 11.3 Å². The molecule has 1 aromatic carbocycles. The van der Waals surface area contributed by atoms with E-state index in [-0.39, 0.29) is 30.7 Å². The van der Waals surface area contributed by atoms with Gasteiger partial charge in [-0.3, -0.25) is 15.0 Å². The second-order valence-corrected chi connectivity index (χ2v) is 12.5. The molecule has 1 aliphatic rings. The number of pyridine rings is 2. The van der Waals surface area contributed by atoms with Gasteiger partial charge < -0.3 is 30.7 Å². The molecule has 47 heavy (non-hydrogen) atoms. The highest BCUT2D eigenvalue weighted by molar-refractivity contribution is 5.99. The summed E-state index contributed by atoms with van der Waals surface area (Å²) in [5.41, 5.74) is 2.77. The lowest BCUT2D eigenvalue weighted by Gasteiger charge is -2.35. The van der Waals surface area contributed by atoms with Crippen LogP contribution in [0.1, 0.15) is 57.5 Å². The van der Waals surface area contributed by atoms with Gasteiger partial charge in [-0.05, 0) is 77.4 Å². The van der Waals surface area contributed by atoms with Gasteiger partial charge in [0.25, 0.3) is 5.91 Å². The number of ether oxygens (including phenoxy) is 2. The summed E-state index contributed by atoms with van der Waals surface area (Å²) in [6.07, 6.45) is 1.34. The van der Waals surface area contributed by atoms with E-state index in [1.54, 1.807) is 57.3 Å². The highest BCUT2D eigenvalue weighted by Crippen LogP contribution is 2.24. The molecule has 3 heterocycles. The molecule has 13 heteroatoms. The Labute approximate surface area is 276 Å². The van der Waals surface area contributed by atoms with Crippen LogP contribution in [0.3, 0.4) is 0 Å². The van der Waals surface area contributed by atoms with Crippen LogP contribution in [0.2, 0.25) is 0 Å². The molecule has 0 radical (unpaired) electrons. The smallest absolute Gasteiger partial charge is 0.413 e. The zero-order chi connectivity index (χ0) is 34.0. The lowest BCUT2D eigenvalue weighted by molar-refractivity contribution is -0.0672. The van der Waals surface area contributed by atoms with Crippen molar-refractivity contribution < 1.29 is 23.9 Å². The summed E-state index contributed by atoms with van der Waals surface area (Å²) < 4.78 is 11.0. The van der Waals surface area contributed by atoms with E-state index in [1.165, 1.54) is 0 Å². The Morgan fingerprint density at radius 3 is 2.32 bits per heavy atom. The van der Waals surface area contributed by atoms with Crippen molar-refractivity contribution >= 4 is 35.4 Å². The number of rotatable bonds is 11. The van der Waals surface area contributed by atoms with E-state index in [2.05, 4.69) is 50.3 Å². The molecule has 0 spiro atoms. The quantitative estimate of drug-likeness (QED) is 0.191. The first-order chi connectivity index (χ1) is 22.4. The maximum absolute atomic E-state index is 13.0. The topological polar surface area (TPSA) is 159 Å². The number of morpholine rings is 1. The summed E-state index contributed by atoms with van der Waals surface area (Å²) in [6.45, 7) is 15.3. The van der Waals surface area contributed by atoms with Crippen molar-refractivity contribution in [3.05, 3.63) is 65.9 Å². The first kappa shape index (κ1) is 35.1. The molecule has 2 unspecified atom stereocenters. The summed E-state index contributed by atoms with van der Waals surface area (Å²) >= 11 is 0. The number of benzene rings is 1. The Bertz CT molecular complexity index is 1500. The van der Waals surface area contributed by atoms with Crippen LogP contribution in [0.4, 0.5) is 26.9 Å². The molecule has 1 saturated heterocycles. The van der Waals surface area contributed by atoms with Crippen molar-refractivity contribution in [2.45, 2.75) is 65.9 Å². The zero-order valence-corrected chi connectivity index (χ0v) is 28.0. The fourth-order valence-corrected chi connectivity index (χ4v) is 5.09. The lowest BCUT2D eigenvalue weighted by Crippen LogP contribution is -2.47. The number of aromatic nitrogens is 2. The van der Waals surface area contributed by atoms with Gasteiger partial charge in [-0.1, -0.05) is 18.2 Å². The van der Waals surface area contributed by atoms with Crippen molar-refractivity contribution in [3.8, 4) is 11.3 Å². The fourth-order valence-electron chi connectivity index (χ4n) is 5.09. The van der Waals surface area contributed by atoms with E-state index in [0.717, 1.165) is 30.8 Å². The third-order valence-corrected chi connectivity index (χ3v) is 7.04. The zero-order valence-electron chi connectivity index (χ0n) is 28.0. The number of anilines is 3. The molecule has 0 bridgehead atoms. The third-order valence-electron chi connectivity index (χ3n) is 7.04. The molecule has 1 aliphatic heterocycles. The summed E-state index contributed by atoms with van der Waals surface area (Å²) in [7, 11) is 0. The number of hydrogen-bond acceptors (Lipinski definition) is 9. The Morgan fingerprint density at radius 2 is 1.68 bits per heavy atom. The van der Waals surface area contributed by atoms with E-state index in [9.17, 15) is 14.4 Å². The number of carbonyl (C=O) groups is 3. The minimum absolute atomic E-state index is 0.177. The van der Waals surface area contributed by atoms with Gasteiger partial charge in [-0.2, -0.15) is 0 Å². The molecule has 252 valence electrons. The van der Waals surface area contributed by atoms with E-state index in [0.29, 0.717) is 41.7 Å². The number of carbonyl (C=O) groups excluding carboxylic acids is 3. The molecule has 5 N–H and O–H groups in total. The average molecular weight is 647 g/mol. The van der Waals surface area contributed by atoms with Crippen LogP contribution < -0.4 is 26.6 Å². The summed E-state index contributed by atoms with van der Waals surface area (Å²) in [5, 5.41) is 14.4. The predicted octanol–water partition coefficient (Wildman–Crippen LogP) is 5.08.